The number of rotatable bonds is 4. The van der Waals surface area contributed by atoms with Crippen LogP contribution in [0.5, 0.6) is 0 Å². The van der Waals surface area contributed by atoms with E-state index in [-0.39, 0.29) is 5.56 Å². The van der Waals surface area contributed by atoms with Crippen molar-refractivity contribution in [3.8, 4) is 0 Å². The van der Waals surface area contributed by atoms with E-state index in [1.54, 1.807) is 14.0 Å². The monoisotopic (exact) mass is 214 g/mol. The van der Waals surface area contributed by atoms with Crippen molar-refractivity contribution < 1.29 is 4.74 Å². The molecule has 5 heteroatoms. The van der Waals surface area contributed by atoms with Gasteiger partial charge in [-0.2, -0.15) is 4.98 Å². The second-order valence-electron chi connectivity index (χ2n) is 2.90. The number of ether oxygens (including phenoxy) is 1. The summed E-state index contributed by atoms with van der Waals surface area (Å²) in [5.41, 5.74) is 0.516. The summed E-state index contributed by atoms with van der Waals surface area (Å²) in [4.78, 5) is 15.2. The minimum Gasteiger partial charge on any atom is -0.383 e. The van der Waals surface area contributed by atoms with Gasteiger partial charge in [0.1, 0.15) is 0 Å². The standard InChI is InChI=1S/C9H14N2O2S/c1-7-6-11(4-5-13-2)9(14-3)10-8(7)12/h6H,4-5H2,1-3H3. The molecule has 0 radical (unpaired) electrons. The molecule has 4 nitrogen and oxygen atoms in total. The fraction of sp³-hybridized carbons (Fsp3) is 0.556. The van der Waals surface area contributed by atoms with Crippen LogP contribution in [0.3, 0.4) is 0 Å². The lowest BCUT2D eigenvalue weighted by Gasteiger charge is -2.10. The molecule has 1 aromatic rings. The summed E-state index contributed by atoms with van der Waals surface area (Å²) in [6.45, 7) is 3.11. The molecule has 0 saturated heterocycles. The van der Waals surface area contributed by atoms with Crippen LogP contribution in [0.1, 0.15) is 5.56 Å². The summed E-state index contributed by atoms with van der Waals surface area (Å²) in [5, 5.41) is 0.734. The second-order valence-corrected chi connectivity index (χ2v) is 3.68. The Hall–Kier alpha value is -0.810. The van der Waals surface area contributed by atoms with Gasteiger partial charge in [-0.3, -0.25) is 4.79 Å². The lowest BCUT2D eigenvalue weighted by molar-refractivity contribution is 0.184. The maximum atomic E-state index is 11.3. The number of nitrogens with zero attached hydrogens (tertiary/aromatic N) is 2. The van der Waals surface area contributed by atoms with Crippen LogP contribution in [-0.2, 0) is 11.3 Å². The lowest BCUT2D eigenvalue weighted by Crippen LogP contribution is -2.18. The first kappa shape index (κ1) is 11.3. The fourth-order valence-corrected chi connectivity index (χ4v) is 1.65. The molecule has 14 heavy (non-hydrogen) atoms. The predicted octanol–water partition coefficient (Wildman–Crippen LogP) is 0.920. The van der Waals surface area contributed by atoms with Crippen molar-refractivity contribution in [1.82, 2.24) is 9.55 Å². The quantitative estimate of drug-likeness (QED) is 0.552. The number of hydrogen-bond donors (Lipinski definition) is 0. The van der Waals surface area contributed by atoms with Crippen LogP contribution >= 0.6 is 11.8 Å². The summed E-state index contributed by atoms with van der Waals surface area (Å²) in [6.07, 6.45) is 3.72. The highest BCUT2D eigenvalue weighted by Gasteiger charge is 2.03. The summed E-state index contributed by atoms with van der Waals surface area (Å²) < 4.78 is 6.91. The van der Waals surface area contributed by atoms with Gasteiger partial charge in [0, 0.05) is 25.4 Å². The lowest BCUT2D eigenvalue weighted by atomic mass is 10.4. The van der Waals surface area contributed by atoms with Crippen LogP contribution in [0.15, 0.2) is 16.1 Å². The van der Waals surface area contributed by atoms with Crippen molar-refractivity contribution in [1.29, 1.82) is 0 Å². The Bertz CT molecular complexity index is 362. The molecule has 0 fully saturated rings. The van der Waals surface area contributed by atoms with Gasteiger partial charge >= 0.3 is 0 Å². The van der Waals surface area contributed by atoms with Gasteiger partial charge < -0.3 is 9.30 Å². The average molecular weight is 214 g/mol. The molecule has 1 heterocycles. The van der Waals surface area contributed by atoms with Crippen molar-refractivity contribution in [2.75, 3.05) is 20.0 Å². The van der Waals surface area contributed by atoms with Gasteiger partial charge in [-0.25, -0.2) is 0 Å². The van der Waals surface area contributed by atoms with E-state index in [9.17, 15) is 4.79 Å². The number of aryl methyl sites for hydroxylation is 1. The van der Waals surface area contributed by atoms with Crippen LogP contribution in [0.4, 0.5) is 0 Å². The summed E-state index contributed by atoms with van der Waals surface area (Å²) in [5.74, 6) is 0. The van der Waals surface area contributed by atoms with Gasteiger partial charge in [0.2, 0.25) is 0 Å². The summed E-state index contributed by atoms with van der Waals surface area (Å²) in [7, 11) is 1.65. The van der Waals surface area contributed by atoms with Gasteiger partial charge in [0.25, 0.3) is 5.56 Å². The van der Waals surface area contributed by atoms with E-state index in [1.807, 2.05) is 17.0 Å². The van der Waals surface area contributed by atoms with Crippen LogP contribution in [0, 0.1) is 6.92 Å². The second kappa shape index (κ2) is 5.17. The molecule has 0 aliphatic heterocycles. The van der Waals surface area contributed by atoms with E-state index in [1.165, 1.54) is 11.8 Å². The first-order valence-corrected chi connectivity index (χ1v) is 5.52. The van der Waals surface area contributed by atoms with Gasteiger partial charge in [-0.15, -0.1) is 0 Å². The molecule has 0 aliphatic rings. The van der Waals surface area contributed by atoms with Crippen molar-refractivity contribution in [3.05, 3.63) is 22.1 Å². The number of aromatic nitrogens is 2. The molecule has 0 amide bonds. The Kier molecular flexibility index (Phi) is 4.16. The normalized spacial score (nSPS) is 10.5. The minimum atomic E-state index is -0.150. The van der Waals surface area contributed by atoms with E-state index in [0.717, 1.165) is 11.7 Å². The Morgan fingerprint density at radius 3 is 2.93 bits per heavy atom. The van der Waals surface area contributed by atoms with E-state index in [2.05, 4.69) is 4.98 Å². The first-order valence-electron chi connectivity index (χ1n) is 4.30. The third kappa shape index (κ3) is 2.59. The van der Waals surface area contributed by atoms with Gasteiger partial charge in [-0.05, 0) is 13.2 Å². The predicted molar refractivity (Wildman–Crippen MR) is 56.9 cm³/mol. The van der Waals surface area contributed by atoms with E-state index < -0.39 is 0 Å². The molecule has 78 valence electrons. The van der Waals surface area contributed by atoms with Crippen LogP contribution < -0.4 is 5.56 Å². The zero-order chi connectivity index (χ0) is 10.6. The Labute approximate surface area is 87.3 Å². The summed E-state index contributed by atoms with van der Waals surface area (Å²) >= 11 is 1.47. The topological polar surface area (TPSA) is 44.1 Å². The molecule has 0 aromatic carbocycles. The van der Waals surface area contributed by atoms with Crippen molar-refractivity contribution in [2.45, 2.75) is 18.6 Å². The molecule has 0 spiro atoms. The van der Waals surface area contributed by atoms with Gasteiger partial charge in [0.05, 0.1) is 6.61 Å². The largest absolute Gasteiger partial charge is 0.383 e. The highest BCUT2D eigenvalue weighted by molar-refractivity contribution is 7.98. The van der Waals surface area contributed by atoms with Crippen molar-refractivity contribution in [3.63, 3.8) is 0 Å². The summed E-state index contributed by atoms with van der Waals surface area (Å²) in [6, 6.07) is 0. The number of thioether (sulfide) groups is 1. The third-order valence-electron chi connectivity index (χ3n) is 1.85. The van der Waals surface area contributed by atoms with Crippen molar-refractivity contribution in [2.24, 2.45) is 0 Å². The maximum Gasteiger partial charge on any atom is 0.276 e. The van der Waals surface area contributed by atoms with E-state index in [4.69, 9.17) is 4.74 Å². The molecule has 1 rings (SSSR count). The van der Waals surface area contributed by atoms with Gasteiger partial charge in [-0.1, -0.05) is 11.8 Å². The highest BCUT2D eigenvalue weighted by Crippen LogP contribution is 2.09. The molecule has 0 N–H and O–H groups in total. The van der Waals surface area contributed by atoms with Crippen molar-refractivity contribution >= 4 is 11.8 Å². The van der Waals surface area contributed by atoms with Crippen LogP contribution in [-0.4, -0.2) is 29.5 Å². The number of methoxy groups -OCH3 is 1. The molecular formula is C9H14N2O2S. The average Bonchev–Trinajstić information content (AvgIpc) is 2.19. The first-order chi connectivity index (χ1) is 6.69. The molecule has 0 unspecified atom stereocenters. The Morgan fingerprint density at radius 1 is 1.64 bits per heavy atom. The zero-order valence-electron chi connectivity index (χ0n) is 8.61. The Balaban J connectivity index is 3.01. The molecule has 0 saturated carbocycles. The Morgan fingerprint density at radius 2 is 2.36 bits per heavy atom. The SMILES string of the molecule is COCCn1cc(C)c(=O)nc1SC. The van der Waals surface area contributed by atoms with E-state index >= 15 is 0 Å². The zero-order valence-corrected chi connectivity index (χ0v) is 9.43. The highest BCUT2D eigenvalue weighted by atomic mass is 32.2. The van der Waals surface area contributed by atoms with Gasteiger partial charge in [0.15, 0.2) is 5.16 Å². The van der Waals surface area contributed by atoms with Crippen LogP contribution in [0.25, 0.3) is 0 Å². The molecule has 0 bridgehead atoms. The molecule has 0 atom stereocenters. The maximum absolute atomic E-state index is 11.3. The van der Waals surface area contributed by atoms with Crippen LogP contribution in [0.2, 0.25) is 0 Å². The number of hydrogen-bond acceptors (Lipinski definition) is 4. The fourth-order valence-electron chi connectivity index (χ4n) is 1.10. The molecule has 1 aromatic heterocycles. The van der Waals surface area contributed by atoms with E-state index in [0.29, 0.717) is 12.2 Å². The minimum absolute atomic E-state index is 0.150. The molecular weight excluding hydrogens is 200 g/mol. The molecule has 0 aliphatic carbocycles. The third-order valence-corrected chi connectivity index (χ3v) is 2.54. The smallest absolute Gasteiger partial charge is 0.276 e.